The van der Waals surface area contributed by atoms with Gasteiger partial charge in [-0.25, -0.2) is 0 Å². The van der Waals surface area contributed by atoms with Crippen molar-refractivity contribution in [3.8, 4) is 21.8 Å². The maximum atomic E-state index is 5.29. The first-order valence-corrected chi connectivity index (χ1v) is 8.39. The molecule has 0 aliphatic rings. The van der Waals surface area contributed by atoms with E-state index in [4.69, 9.17) is 4.52 Å². The first-order valence-electron chi connectivity index (χ1n) is 7.57. The van der Waals surface area contributed by atoms with Gasteiger partial charge >= 0.3 is 0 Å². The molecule has 0 bridgehead atoms. The van der Waals surface area contributed by atoms with Crippen LogP contribution in [-0.2, 0) is 7.05 Å². The molecule has 24 heavy (non-hydrogen) atoms. The van der Waals surface area contributed by atoms with Gasteiger partial charge in [0.25, 0.3) is 5.89 Å². The van der Waals surface area contributed by atoms with Crippen LogP contribution in [0.4, 0.5) is 0 Å². The molecule has 0 radical (unpaired) electrons. The smallest absolute Gasteiger partial charge is 0.250 e. The van der Waals surface area contributed by atoms with Gasteiger partial charge in [0, 0.05) is 40.8 Å². The fraction of sp³-hybridized carbons (Fsp3) is 0.0526. The molecule has 5 heteroatoms. The summed E-state index contributed by atoms with van der Waals surface area (Å²) in [7, 11) is 1.96. The normalized spacial score (nSPS) is 11.4. The second-order valence-corrected chi connectivity index (χ2v) is 6.54. The molecule has 3 aromatic heterocycles. The highest BCUT2D eigenvalue weighted by Gasteiger charge is 2.07. The van der Waals surface area contributed by atoms with E-state index in [1.165, 1.54) is 10.4 Å². The first-order chi connectivity index (χ1) is 11.8. The Labute approximate surface area is 143 Å². The van der Waals surface area contributed by atoms with Crippen molar-refractivity contribution < 1.29 is 4.52 Å². The van der Waals surface area contributed by atoms with E-state index in [9.17, 15) is 0 Å². The third-order valence-corrected chi connectivity index (χ3v) is 4.71. The van der Waals surface area contributed by atoms with Gasteiger partial charge in [-0.15, -0.1) is 11.3 Å². The largest absolute Gasteiger partial charge is 0.357 e. The monoisotopic (exact) mass is 333 g/mol. The molecule has 0 saturated heterocycles. The van der Waals surface area contributed by atoms with Crippen molar-refractivity contribution in [3.05, 3.63) is 71.7 Å². The van der Waals surface area contributed by atoms with Crippen molar-refractivity contribution in [2.45, 2.75) is 0 Å². The summed E-state index contributed by atoms with van der Waals surface area (Å²) in [6.45, 7) is 0. The van der Waals surface area contributed by atoms with Gasteiger partial charge in [0.1, 0.15) is 0 Å². The molecule has 0 saturated carbocycles. The number of thiophene rings is 1. The molecular weight excluding hydrogens is 318 g/mol. The van der Waals surface area contributed by atoms with Gasteiger partial charge < -0.3 is 9.09 Å². The molecule has 1 aromatic carbocycles. The third kappa shape index (κ3) is 3.07. The fourth-order valence-electron chi connectivity index (χ4n) is 2.41. The number of hydrogen-bond donors (Lipinski definition) is 0. The summed E-state index contributed by atoms with van der Waals surface area (Å²) in [6, 6.07) is 16.5. The van der Waals surface area contributed by atoms with E-state index < -0.39 is 0 Å². The minimum absolute atomic E-state index is 0.503. The van der Waals surface area contributed by atoms with Gasteiger partial charge in [0.2, 0.25) is 5.82 Å². The first kappa shape index (κ1) is 14.7. The van der Waals surface area contributed by atoms with Crippen LogP contribution in [0, 0.1) is 0 Å². The van der Waals surface area contributed by atoms with Gasteiger partial charge in [0.15, 0.2) is 0 Å². The Morgan fingerprint density at radius 3 is 2.67 bits per heavy atom. The van der Waals surface area contributed by atoms with Gasteiger partial charge in [-0.3, -0.25) is 0 Å². The molecule has 0 fully saturated rings. The summed E-state index contributed by atoms with van der Waals surface area (Å²) < 4.78 is 7.25. The molecule has 4 rings (SSSR count). The Balaban J connectivity index is 1.52. The summed E-state index contributed by atoms with van der Waals surface area (Å²) in [5.41, 5.74) is 2.18. The Morgan fingerprint density at radius 1 is 1.00 bits per heavy atom. The molecule has 0 atom stereocenters. The molecule has 3 heterocycles. The highest BCUT2D eigenvalue weighted by molar-refractivity contribution is 7.16. The average Bonchev–Trinajstić information content (AvgIpc) is 3.34. The van der Waals surface area contributed by atoms with Crippen LogP contribution in [-0.4, -0.2) is 14.7 Å². The lowest BCUT2D eigenvalue weighted by Crippen LogP contribution is -1.80. The Kier molecular flexibility index (Phi) is 3.84. The van der Waals surface area contributed by atoms with Crippen LogP contribution < -0.4 is 0 Å². The van der Waals surface area contributed by atoms with Crippen molar-refractivity contribution in [1.82, 2.24) is 14.7 Å². The predicted molar refractivity (Wildman–Crippen MR) is 97.4 cm³/mol. The van der Waals surface area contributed by atoms with Gasteiger partial charge in [-0.05, 0) is 29.8 Å². The molecule has 0 unspecified atom stereocenters. The average molecular weight is 333 g/mol. The summed E-state index contributed by atoms with van der Waals surface area (Å²) in [5.74, 6) is 1.11. The minimum atomic E-state index is 0.503. The minimum Gasteiger partial charge on any atom is -0.357 e. The zero-order chi connectivity index (χ0) is 16.4. The summed E-state index contributed by atoms with van der Waals surface area (Å²) in [6.07, 6.45) is 7.77. The lowest BCUT2D eigenvalue weighted by atomic mass is 10.2. The van der Waals surface area contributed by atoms with Crippen molar-refractivity contribution in [2.24, 2.45) is 7.05 Å². The molecule has 0 aliphatic heterocycles. The van der Waals surface area contributed by atoms with Crippen molar-refractivity contribution in [2.75, 3.05) is 0 Å². The van der Waals surface area contributed by atoms with Crippen LogP contribution in [0.15, 0.2) is 65.4 Å². The van der Waals surface area contributed by atoms with Gasteiger partial charge in [-0.2, -0.15) is 4.98 Å². The van der Waals surface area contributed by atoms with Gasteiger partial charge in [-0.1, -0.05) is 35.5 Å². The van der Waals surface area contributed by atoms with Gasteiger partial charge in [0.05, 0.1) is 0 Å². The summed E-state index contributed by atoms with van der Waals surface area (Å²) in [4.78, 5) is 6.79. The van der Waals surface area contributed by atoms with Crippen LogP contribution in [0.2, 0.25) is 0 Å². The fourth-order valence-corrected chi connectivity index (χ4v) is 3.33. The molecule has 4 aromatic rings. The lowest BCUT2D eigenvalue weighted by Gasteiger charge is -1.94. The quantitative estimate of drug-likeness (QED) is 0.529. The maximum absolute atomic E-state index is 5.29. The lowest BCUT2D eigenvalue weighted by molar-refractivity contribution is 0.411. The Hall–Kier alpha value is -2.92. The van der Waals surface area contributed by atoms with E-state index in [0.717, 1.165) is 10.4 Å². The van der Waals surface area contributed by atoms with E-state index in [1.807, 2.05) is 60.4 Å². The van der Waals surface area contributed by atoms with E-state index in [2.05, 4.69) is 34.4 Å². The summed E-state index contributed by atoms with van der Waals surface area (Å²) >= 11 is 1.73. The van der Waals surface area contributed by atoms with E-state index in [0.29, 0.717) is 11.7 Å². The number of aryl methyl sites for hydroxylation is 1. The SMILES string of the molecule is Cn1ccc(-c2noc(/C=C/c3ccc(-c4ccccc4)s3)n2)c1. The van der Waals surface area contributed by atoms with Crippen molar-refractivity contribution >= 4 is 23.5 Å². The second-order valence-electron chi connectivity index (χ2n) is 5.42. The maximum Gasteiger partial charge on any atom is 0.250 e. The third-order valence-electron chi connectivity index (χ3n) is 3.61. The molecule has 4 nitrogen and oxygen atoms in total. The Morgan fingerprint density at radius 2 is 1.88 bits per heavy atom. The predicted octanol–water partition coefficient (Wildman–Crippen LogP) is 4.97. The second kappa shape index (κ2) is 6.29. The van der Waals surface area contributed by atoms with Crippen LogP contribution in [0.25, 0.3) is 34.0 Å². The van der Waals surface area contributed by atoms with Crippen molar-refractivity contribution in [3.63, 3.8) is 0 Å². The zero-order valence-corrected chi connectivity index (χ0v) is 13.9. The van der Waals surface area contributed by atoms with E-state index >= 15 is 0 Å². The standard InChI is InChI=1S/C19H15N3OS/c1-22-12-11-15(13-22)19-20-18(23-21-19)10-8-16-7-9-17(24-16)14-5-3-2-4-6-14/h2-13H,1H3/b10-8+. The molecule has 118 valence electrons. The highest BCUT2D eigenvalue weighted by Crippen LogP contribution is 2.29. The number of rotatable bonds is 4. The summed E-state index contributed by atoms with van der Waals surface area (Å²) in [5, 5.41) is 4.02. The molecule has 0 amide bonds. The van der Waals surface area contributed by atoms with Crippen LogP contribution in [0.5, 0.6) is 0 Å². The van der Waals surface area contributed by atoms with E-state index in [1.54, 1.807) is 11.3 Å². The number of aromatic nitrogens is 3. The number of benzene rings is 1. The highest BCUT2D eigenvalue weighted by atomic mass is 32.1. The number of nitrogens with zero attached hydrogens (tertiary/aromatic N) is 3. The van der Waals surface area contributed by atoms with Crippen LogP contribution >= 0.6 is 11.3 Å². The van der Waals surface area contributed by atoms with Crippen molar-refractivity contribution in [1.29, 1.82) is 0 Å². The zero-order valence-electron chi connectivity index (χ0n) is 13.1. The topological polar surface area (TPSA) is 43.9 Å². The molecular formula is C19H15N3OS. The molecule has 0 aliphatic carbocycles. The number of hydrogen-bond acceptors (Lipinski definition) is 4. The van der Waals surface area contributed by atoms with Crippen LogP contribution in [0.3, 0.4) is 0 Å². The Bertz CT molecular complexity index is 979. The molecule has 0 spiro atoms. The van der Waals surface area contributed by atoms with E-state index in [-0.39, 0.29) is 0 Å². The van der Waals surface area contributed by atoms with Crippen LogP contribution in [0.1, 0.15) is 10.8 Å². The molecule has 0 N–H and O–H groups in total.